The summed E-state index contributed by atoms with van der Waals surface area (Å²) in [6, 6.07) is 8.34. The Morgan fingerprint density at radius 1 is 1.53 bits per heavy atom. The minimum atomic E-state index is -0.560. The van der Waals surface area contributed by atoms with Crippen molar-refractivity contribution in [2.75, 3.05) is 11.9 Å². The van der Waals surface area contributed by atoms with Gasteiger partial charge in [-0.05, 0) is 31.2 Å². The monoisotopic (exact) mass is 279 g/mol. The number of hydrogen-bond donors (Lipinski definition) is 3. The van der Waals surface area contributed by atoms with Crippen LogP contribution in [0.5, 0.6) is 0 Å². The van der Waals surface area contributed by atoms with Crippen molar-refractivity contribution < 1.29 is 9.90 Å². The Labute approximate surface area is 116 Å². The van der Waals surface area contributed by atoms with Crippen molar-refractivity contribution in [3.63, 3.8) is 0 Å². The molecule has 1 aromatic carbocycles. The van der Waals surface area contributed by atoms with Gasteiger partial charge in [0, 0.05) is 23.5 Å². The van der Waals surface area contributed by atoms with Gasteiger partial charge in [-0.3, -0.25) is 4.79 Å². The standard InChI is InChI=1S/C13H14ClN3O2/c1-9(18)7-16-8-10(6-15)13(19)17-12-4-2-11(14)3-5-12/h2-5,8-9,16,18H,7H2,1H3,(H,17,19)/b10-8-. The van der Waals surface area contributed by atoms with E-state index in [9.17, 15) is 4.79 Å². The average Bonchev–Trinajstić information content (AvgIpc) is 2.37. The Morgan fingerprint density at radius 2 is 2.16 bits per heavy atom. The maximum absolute atomic E-state index is 11.8. The van der Waals surface area contributed by atoms with Crippen molar-refractivity contribution in [1.82, 2.24) is 5.32 Å². The number of nitrogens with zero attached hydrogens (tertiary/aromatic N) is 1. The van der Waals surface area contributed by atoms with Crippen LogP contribution in [0.25, 0.3) is 0 Å². The van der Waals surface area contributed by atoms with Crippen LogP contribution >= 0.6 is 11.6 Å². The molecule has 0 spiro atoms. The van der Waals surface area contributed by atoms with Crippen molar-refractivity contribution >= 4 is 23.2 Å². The van der Waals surface area contributed by atoms with E-state index >= 15 is 0 Å². The molecule has 0 aliphatic rings. The number of benzene rings is 1. The van der Waals surface area contributed by atoms with Gasteiger partial charge in [0.2, 0.25) is 0 Å². The molecule has 0 aliphatic carbocycles. The van der Waals surface area contributed by atoms with E-state index in [-0.39, 0.29) is 12.1 Å². The van der Waals surface area contributed by atoms with Crippen LogP contribution in [-0.4, -0.2) is 23.7 Å². The number of nitriles is 1. The molecule has 0 aliphatic heterocycles. The van der Waals surface area contributed by atoms with Crippen LogP contribution in [0.2, 0.25) is 5.02 Å². The van der Waals surface area contributed by atoms with E-state index in [0.717, 1.165) is 0 Å². The second kappa shape index (κ2) is 7.41. The van der Waals surface area contributed by atoms with E-state index < -0.39 is 12.0 Å². The zero-order valence-corrected chi connectivity index (χ0v) is 11.1. The predicted octanol–water partition coefficient (Wildman–Crippen LogP) is 1.66. The molecule has 100 valence electrons. The van der Waals surface area contributed by atoms with Crippen molar-refractivity contribution in [1.29, 1.82) is 5.26 Å². The van der Waals surface area contributed by atoms with Gasteiger partial charge in [-0.15, -0.1) is 0 Å². The molecule has 1 rings (SSSR count). The summed E-state index contributed by atoms with van der Waals surface area (Å²) in [6.07, 6.45) is 0.716. The Morgan fingerprint density at radius 3 is 2.68 bits per heavy atom. The molecule has 0 aromatic heterocycles. The van der Waals surface area contributed by atoms with Gasteiger partial charge in [0.1, 0.15) is 11.6 Å². The highest BCUT2D eigenvalue weighted by Gasteiger charge is 2.09. The molecular formula is C13H14ClN3O2. The van der Waals surface area contributed by atoms with Gasteiger partial charge in [0.25, 0.3) is 5.91 Å². The first kappa shape index (κ1) is 15.0. The minimum absolute atomic E-state index is 0.0735. The quantitative estimate of drug-likeness (QED) is 0.565. The zero-order chi connectivity index (χ0) is 14.3. The van der Waals surface area contributed by atoms with Gasteiger partial charge in [0.15, 0.2) is 0 Å². The second-order valence-corrected chi connectivity index (χ2v) is 4.32. The highest BCUT2D eigenvalue weighted by Crippen LogP contribution is 2.13. The lowest BCUT2D eigenvalue weighted by molar-refractivity contribution is -0.112. The molecule has 1 amide bonds. The smallest absolute Gasteiger partial charge is 0.267 e. The third kappa shape index (κ3) is 5.42. The number of amides is 1. The Kier molecular flexibility index (Phi) is 5.86. The van der Waals surface area contributed by atoms with E-state index in [1.807, 2.05) is 0 Å². The Bertz CT molecular complexity index is 504. The lowest BCUT2D eigenvalue weighted by Crippen LogP contribution is -2.22. The zero-order valence-electron chi connectivity index (χ0n) is 10.4. The summed E-state index contributed by atoms with van der Waals surface area (Å²) in [4.78, 5) is 11.8. The largest absolute Gasteiger partial charge is 0.392 e. The highest BCUT2D eigenvalue weighted by molar-refractivity contribution is 6.30. The number of anilines is 1. The Hall–Kier alpha value is -2.03. The number of rotatable bonds is 5. The van der Waals surface area contributed by atoms with Crippen LogP contribution in [-0.2, 0) is 4.79 Å². The number of halogens is 1. The van der Waals surface area contributed by atoms with Gasteiger partial charge in [-0.2, -0.15) is 5.26 Å². The molecule has 1 aromatic rings. The van der Waals surface area contributed by atoms with E-state index in [0.29, 0.717) is 10.7 Å². The van der Waals surface area contributed by atoms with E-state index in [1.54, 1.807) is 37.3 Å². The van der Waals surface area contributed by atoms with Crippen LogP contribution in [0.15, 0.2) is 36.0 Å². The molecular weight excluding hydrogens is 266 g/mol. The highest BCUT2D eigenvalue weighted by atomic mass is 35.5. The number of carbonyl (C=O) groups excluding carboxylic acids is 1. The minimum Gasteiger partial charge on any atom is -0.392 e. The number of hydrogen-bond acceptors (Lipinski definition) is 4. The van der Waals surface area contributed by atoms with Crippen LogP contribution in [0.3, 0.4) is 0 Å². The first-order chi connectivity index (χ1) is 9.02. The number of nitrogens with one attached hydrogen (secondary N) is 2. The normalized spacial score (nSPS) is 12.4. The lowest BCUT2D eigenvalue weighted by Gasteiger charge is -2.06. The predicted molar refractivity (Wildman–Crippen MR) is 73.5 cm³/mol. The van der Waals surface area contributed by atoms with Crippen molar-refractivity contribution in [2.24, 2.45) is 0 Å². The van der Waals surface area contributed by atoms with Gasteiger partial charge < -0.3 is 15.7 Å². The van der Waals surface area contributed by atoms with Crippen LogP contribution in [0.4, 0.5) is 5.69 Å². The molecule has 0 radical (unpaired) electrons. The first-order valence-corrected chi connectivity index (χ1v) is 5.99. The van der Waals surface area contributed by atoms with Gasteiger partial charge >= 0.3 is 0 Å². The third-order valence-corrected chi connectivity index (χ3v) is 2.38. The average molecular weight is 280 g/mol. The SMILES string of the molecule is CC(O)CN/C=C(/C#N)C(=O)Nc1ccc(Cl)cc1. The summed E-state index contributed by atoms with van der Waals surface area (Å²) in [5, 5.41) is 23.8. The fourth-order valence-electron chi connectivity index (χ4n) is 1.21. The Balaban J connectivity index is 2.64. The topological polar surface area (TPSA) is 85.2 Å². The second-order valence-electron chi connectivity index (χ2n) is 3.89. The summed E-state index contributed by atoms with van der Waals surface area (Å²) in [5.74, 6) is -0.525. The molecule has 19 heavy (non-hydrogen) atoms. The molecule has 0 heterocycles. The van der Waals surface area contributed by atoms with Crippen LogP contribution < -0.4 is 10.6 Å². The molecule has 0 saturated carbocycles. The molecule has 5 nitrogen and oxygen atoms in total. The summed E-state index contributed by atoms with van der Waals surface area (Å²) in [5.41, 5.74) is 0.474. The fourth-order valence-corrected chi connectivity index (χ4v) is 1.34. The molecule has 0 fully saturated rings. The van der Waals surface area contributed by atoms with Crippen LogP contribution in [0.1, 0.15) is 6.92 Å². The van der Waals surface area contributed by atoms with Crippen LogP contribution in [0, 0.1) is 11.3 Å². The molecule has 1 unspecified atom stereocenters. The first-order valence-electron chi connectivity index (χ1n) is 5.61. The molecule has 0 bridgehead atoms. The van der Waals surface area contributed by atoms with E-state index in [4.69, 9.17) is 22.0 Å². The van der Waals surface area contributed by atoms with E-state index in [1.165, 1.54) is 6.20 Å². The van der Waals surface area contributed by atoms with Gasteiger partial charge in [0.05, 0.1) is 6.10 Å². The van der Waals surface area contributed by atoms with Crippen molar-refractivity contribution in [3.05, 3.63) is 41.1 Å². The summed E-state index contributed by atoms with van der Waals surface area (Å²) in [6.45, 7) is 1.86. The molecule has 3 N–H and O–H groups in total. The maximum atomic E-state index is 11.8. The fraction of sp³-hybridized carbons (Fsp3) is 0.231. The van der Waals surface area contributed by atoms with E-state index in [2.05, 4.69) is 10.6 Å². The summed E-state index contributed by atoms with van der Waals surface area (Å²) < 4.78 is 0. The number of carbonyl (C=O) groups is 1. The molecule has 6 heteroatoms. The maximum Gasteiger partial charge on any atom is 0.267 e. The number of aliphatic hydroxyl groups is 1. The summed E-state index contributed by atoms with van der Waals surface area (Å²) in [7, 11) is 0. The van der Waals surface area contributed by atoms with Crippen molar-refractivity contribution in [2.45, 2.75) is 13.0 Å². The molecule has 1 atom stereocenters. The number of aliphatic hydroxyl groups excluding tert-OH is 1. The third-order valence-electron chi connectivity index (χ3n) is 2.13. The summed E-state index contributed by atoms with van der Waals surface area (Å²) >= 11 is 5.73. The van der Waals surface area contributed by atoms with Crippen molar-refractivity contribution in [3.8, 4) is 6.07 Å². The lowest BCUT2D eigenvalue weighted by atomic mass is 10.2. The van der Waals surface area contributed by atoms with Gasteiger partial charge in [-0.1, -0.05) is 11.6 Å². The van der Waals surface area contributed by atoms with Gasteiger partial charge in [-0.25, -0.2) is 0 Å². The molecule has 0 saturated heterocycles.